The molecule has 0 aromatic heterocycles. The van der Waals surface area contributed by atoms with E-state index in [2.05, 4.69) is 0 Å². The maximum Gasteiger partial charge on any atom is 0.320 e. The van der Waals surface area contributed by atoms with E-state index < -0.39 is 12.0 Å². The maximum atomic E-state index is 10.1. The number of carboxylic acid groups (broad SMARTS) is 1. The first kappa shape index (κ1) is 8.39. The largest absolute Gasteiger partial charge is 0.480 e. The number of carbonyl (C=O) groups is 1. The molecule has 0 aromatic carbocycles. The molecule has 1 unspecified atom stereocenters. The zero-order chi connectivity index (χ0) is 7.44. The Morgan fingerprint density at radius 2 is 2.22 bits per heavy atom. The van der Waals surface area contributed by atoms with Crippen molar-refractivity contribution in [3.05, 3.63) is 0 Å². The molecule has 0 saturated carbocycles. The van der Waals surface area contributed by atoms with Gasteiger partial charge in [-0.15, -0.1) is 0 Å². The molecule has 0 aliphatic heterocycles. The van der Waals surface area contributed by atoms with Gasteiger partial charge in [0.25, 0.3) is 0 Å². The van der Waals surface area contributed by atoms with E-state index in [9.17, 15) is 4.79 Å². The quantitative estimate of drug-likeness (QED) is 0.459. The van der Waals surface area contributed by atoms with Gasteiger partial charge in [-0.05, 0) is 12.5 Å². The van der Waals surface area contributed by atoms with E-state index >= 15 is 0 Å². The second-order valence-corrected chi connectivity index (χ2v) is 2.08. The Morgan fingerprint density at radius 1 is 1.78 bits per heavy atom. The van der Waals surface area contributed by atoms with Gasteiger partial charge in [-0.1, -0.05) is 6.92 Å². The van der Waals surface area contributed by atoms with Crippen LogP contribution >= 0.6 is 0 Å². The van der Waals surface area contributed by atoms with Crippen molar-refractivity contribution in [2.45, 2.75) is 13.0 Å². The minimum absolute atomic E-state index is 0.150. The van der Waals surface area contributed by atoms with E-state index in [1.807, 2.05) is 0 Å². The van der Waals surface area contributed by atoms with Crippen molar-refractivity contribution in [3.8, 4) is 0 Å². The van der Waals surface area contributed by atoms with Crippen LogP contribution in [0.15, 0.2) is 0 Å². The molecule has 0 amide bonds. The third-order valence-corrected chi connectivity index (χ3v) is 1.27. The Kier molecular flexibility index (Phi) is 3.19. The second-order valence-electron chi connectivity index (χ2n) is 2.08. The topological polar surface area (TPSA) is 89.3 Å². The summed E-state index contributed by atoms with van der Waals surface area (Å²) in [4.78, 5) is 10.1. The van der Waals surface area contributed by atoms with Crippen LogP contribution in [-0.2, 0) is 4.79 Å². The molecule has 54 valence electrons. The summed E-state index contributed by atoms with van der Waals surface area (Å²) in [5, 5.41) is 8.30. The van der Waals surface area contributed by atoms with E-state index in [1.54, 1.807) is 6.92 Å². The van der Waals surface area contributed by atoms with Crippen molar-refractivity contribution in [2.75, 3.05) is 6.54 Å². The predicted molar refractivity (Wildman–Crippen MR) is 33.8 cm³/mol. The van der Waals surface area contributed by atoms with Gasteiger partial charge in [0, 0.05) is 0 Å². The van der Waals surface area contributed by atoms with E-state index in [-0.39, 0.29) is 5.92 Å². The second kappa shape index (κ2) is 3.42. The van der Waals surface area contributed by atoms with Crippen LogP contribution in [0.4, 0.5) is 0 Å². The number of aliphatic carboxylic acids is 1. The minimum Gasteiger partial charge on any atom is -0.480 e. The van der Waals surface area contributed by atoms with Gasteiger partial charge in [0.15, 0.2) is 0 Å². The monoisotopic (exact) mass is 132 g/mol. The Morgan fingerprint density at radius 3 is 2.33 bits per heavy atom. The van der Waals surface area contributed by atoms with Crippen LogP contribution < -0.4 is 11.5 Å². The third kappa shape index (κ3) is 2.43. The van der Waals surface area contributed by atoms with Gasteiger partial charge in [0.05, 0.1) is 0 Å². The van der Waals surface area contributed by atoms with Crippen LogP contribution in [0.2, 0.25) is 0 Å². The van der Waals surface area contributed by atoms with Gasteiger partial charge in [-0.3, -0.25) is 4.79 Å². The van der Waals surface area contributed by atoms with Gasteiger partial charge in [0.2, 0.25) is 0 Å². The van der Waals surface area contributed by atoms with Crippen molar-refractivity contribution in [1.82, 2.24) is 0 Å². The molecule has 0 rings (SSSR count). The number of carboxylic acids is 1. The molecule has 0 aliphatic rings. The highest BCUT2D eigenvalue weighted by atomic mass is 16.4. The number of hydrogen-bond donors (Lipinski definition) is 3. The molecule has 0 bridgehead atoms. The summed E-state index contributed by atoms with van der Waals surface area (Å²) >= 11 is 0. The first-order valence-electron chi connectivity index (χ1n) is 2.78. The first-order valence-corrected chi connectivity index (χ1v) is 2.78. The molecule has 0 fully saturated rings. The fraction of sp³-hybridized carbons (Fsp3) is 0.800. The third-order valence-electron chi connectivity index (χ3n) is 1.27. The van der Waals surface area contributed by atoms with Gasteiger partial charge >= 0.3 is 5.97 Å². The van der Waals surface area contributed by atoms with Crippen molar-refractivity contribution in [1.29, 1.82) is 0 Å². The molecule has 0 aromatic rings. The van der Waals surface area contributed by atoms with Gasteiger partial charge in [0.1, 0.15) is 6.04 Å². The average Bonchev–Trinajstić information content (AvgIpc) is 1.84. The van der Waals surface area contributed by atoms with E-state index in [0.717, 1.165) is 0 Å². The van der Waals surface area contributed by atoms with Crippen LogP contribution in [0, 0.1) is 5.92 Å². The Bertz CT molecular complexity index is 105. The highest BCUT2D eigenvalue weighted by Crippen LogP contribution is 1.96. The summed E-state index contributed by atoms with van der Waals surface area (Å²) in [6.45, 7) is 2.02. The van der Waals surface area contributed by atoms with E-state index in [4.69, 9.17) is 16.6 Å². The number of nitrogens with two attached hydrogens (primary N) is 2. The SMILES string of the molecule is CC(CN)[C@H](N)C(=O)O. The lowest BCUT2D eigenvalue weighted by atomic mass is 10.0. The minimum atomic E-state index is -0.993. The molecular formula is C5H12N2O2. The van der Waals surface area contributed by atoms with E-state index in [1.165, 1.54) is 0 Å². The predicted octanol–water partition coefficient (Wildman–Crippen LogP) is -1.01. The van der Waals surface area contributed by atoms with Gasteiger partial charge in [-0.25, -0.2) is 0 Å². The van der Waals surface area contributed by atoms with Crippen molar-refractivity contribution < 1.29 is 9.90 Å². The van der Waals surface area contributed by atoms with Crippen molar-refractivity contribution >= 4 is 5.97 Å². The Hall–Kier alpha value is -0.610. The average molecular weight is 132 g/mol. The van der Waals surface area contributed by atoms with Crippen LogP contribution in [0.3, 0.4) is 0 Å². The maximum absolute atomic E-state index is 10.1. The summed E-state index contributed by atoms with van der Waals surface area (Å²) in [6.07, 6.45) is 0. The van der Waals surface area contributed by atoms with Crippen LogP contribution in [0.5, 0.6) is 0 Å². The fourth-order valence-corrected chi connectivity index (χ4v) is 0.390. The molecule has 5 N–H and O–H groups in total. The Labute approximate surface area is 53.8 Å². The fourth-order valence-electron chi connectivity index (χ4n) is 0.390. The highest BCUT2D eigenvalue weighted by molar-refractivity contribution is 5.73. The van der Waals surface area contributed by atoms with Crippen LogP contribution in [0.25, 0.3) is 0 Å². The molecule has 2 atom stereocenters. The summed E-state index contributed by atoms with van der Waals surface area (Å²) in [5.41, 5.74) is 10.4. The lowest BCUT2D eigenvalue weighted by molar-refractivity contribution is -0.139. The number of rotatable bonds is 3. The summed E-state index contributed by atoms with van der Waals surface area (Å²) < 4.78 is 0. The van der Waals surface area contributed by atoms with Crippen LogP contribution in [-0.4, -0.2) is 23.7 Å². The molecule has 0 saturated heterocycles. The summed E-state index contributed by atoms with van der Waals surface area (Å²) in [6, 6.07) is -0.824. The zero-order valence-electron chi connectivity index (χ0n) is 5.37. The summed E-state index contributed by atoms with van der Waals surface area (Å²) in [7, 11) is 0. The summed E-state index contributed by atoms with van der Waals surface area (Å²) in [5.74, 6) is -1.14. The lowest BCUT2D eigenvalue weighted by Crippen LogP contribution is -2.39. The molecular weight excluding hydrogens is 120 g/mol. The number of hydrogen-bond acceptors (Lipinski definition) is 3. The molecule has 9 heavy (non-hydrogen) atoms. The molecule has 0 spiro atoms. The van der Waals surface area contributed by atoms with Crippen molar-refractivity contribution in [3.63, 3.8) is 0 Å². The lowest BCUT2D eigenvalue weighted by Gasteiger charge is -2.11. The zero-order valence-corrected chi connectivity index (χ0v) is 5.37. The molecule has 4 nitrogen and oxygen atoms in total. The van der Waals surface area contributed by atoms with Gasteiger partial charge < -0.3 is 16.6 Å². The van der Waals surface area contributed by atoms with Crippen molar-refractivity contribution in [2.24, 2.45) is 17.4 Å². The van der Waals surface area contributed by atoms with Crippen LogP contribution in [0.1, 0.15) is 6.92 Å². The van der Waals surface area contributed by atoms with Gasteiger partial charge in [-0.2, -0.15) is 0 Å². The standard InChI is InChI=1S/C5H12N2O2/c1-3(2-6)4(7)5(8)9/h3-4H,2,6-7H2,1H3,(H,8,9)/t3?,4-/m0/s1. The molecule has 0 radical (unpaired) electrons. The molecule has 0 aliphatic carbocycles. The normalized spacial score (nSPS) is 16.8. The molecule has 0 heterocycles. The molecule has 4 heteroatoms. The first-order chi connectivity index (χ1) is 4.09. The Balaban J connectivity index is 3.72. The van der Waals surface area contributed by atoms with E-state index in [0.29, 0.717) is 6.54 Å². The smallest absolute Gasteiger partial charge is 0.320 e. The highest BCUT2D eigenvalue weighted by Gasteiger charge is 2.17.